The molecule has 0 saturated heterocycles. The Labute approximate surface area is 169 Å². The van der Waals surface area contributed by atoms with E-state index in [1.54, 1.807) is 19.0 Å². The maximum absolute atomic E-state index is 12.6. The first-order valence-electron chi connectivity index (χ1n) is 9.38. The Hall–Kier alpha value is -3.67. The second-order valence-electron chi connectivity index (χ2n) is 7.15. The van der Waals surface area contributed by atoms with Crippen molar-refractivity contribution in [2.24, 2.45) is 0 Å². The maximum Gasteiger partial charge on any atom is 0.253 e. The van der Waals surface area contributed by atoms with Crippen molar-refractivity contribution >= 4 is 5.91 Å². The Morgan fingerprint density at radius 2 is 1.83 bits per heavy atom. The minimum absolute atomic E-state index is 0.0156. The lowest BCUT2D eigenvalue weighted by Crippen LogP contribution is -2.22. The highest BCUT2D eigenvalue weighted by molar-refractivity contribution is 6.00. The van der Waals surface area contributed by atoms with Crippen molar-refractivity contribution in [3.63, 3.8) is 0 Å². The Balaban J connectivity index is 1.65. The van der Waals surface area contributed by atoms with Gasteiger partial charge in [0.15, 0.2) is 0 Å². The normalized spacial score (nSPS) is 10.9. The number of hydrogen-bond acceptors (Lipinski definition) is 4. The summed E-state index contributed by atoms with van der Waals surface area (Å²) in [6.45, 7) is 2.42. The molecule has 0 spiro atoms. The van der Waals surface area contributed by atoms with Crippen LogP contribution in [-0.2, 0) is 6.54 Å². The molecule has 1 amide bonds. The summed E-state index contributed by atoms with van der Waals surface area (Å²) in [6, 6.07) is 19.6. The maximum atomic E-state index is 12.6. The van der Waals surface area contributed by atoms with Crippen LogP contribution in [0.5, 0.6) is 0 Å². The molecule has 6 heteroatoms. The molecule has 4 aromatic rings. The van der Waals surface area contributed by atoms with E-state index >= 15 is 0 Å². The standard InChI is InChI=1S/C23H22N4O2/c1-16-13-19(25-29-16)15-27-12-11-22(24-27)18-8-6-7-17(14-18)20-9-4-5-10-21(20)23(28)26(2)3/h4-14H,15H2,1-3H3. The van der Waals surface area contributed by atoms with Crippen molar-refractivity contribution < 1.29 is 9.32 Å². The quantitative estimate of drug-likeness (QED) is 0.514. The third-order valence-corrected chi connectivity index (χ3v) is 4.67. The number of aryl methyl sites for hydroxylation is 1. The second-order valence-corrected chi connectivity index (χ2v) is 7.15. The van der Waals surface area contributed by atoms with Crippen LogP contribution in [0.4, 0.5) is 0 Å². The summed E-state index contributed by atoms with van der Waals surface area (Å²) in [4.78, 5) is 14.2. The van der Waals surface area contributed by atoms with E-state index in [4.69, 9.17) is 4.52 Å². The summed E-state index contributed by atoms with van der Waals surface area (Å²) in [5.74, 6) is 0.768. The molecule has 0 atom stereocenters. The Morgan fingerprint density at radius 1 is 1.03 bits per heavy atom. The number of nitrogens with zero attached hydrogens (tertiary/aromatic N) is 4. The van der Waals surface area contributed by atoms with E-state index in [2.05, 4.69) is 16.3 Å². The van der Waals surface area contributed by atoms with Gasteiger partial charge in [-0.3, -0.25) is 9.48 Å². The average Bonchev–Trinajstić information content (AvgIpc) is 3.36. The third kappa shape index (κ3) is 3.96. The van der Waals surface area contributed by atoms with Gasteiger partial charge in [0.05, 0.1) is 12.2 Å². The van der Waals surface area contributed by atoms with E-state index in [9.17, 15) is 4.79 Å². The first-order chi connectivity index (χ1) is 14.0. The molecule has 0 radical (unpaired) electrons. The fraction of sp³-hybridized carbons (Fsp3) is 0.174. The van der Waals surface area contributed by atoms with Gasteiger partial charge in [-0.2, -0.15) is 5.10 Å². The minimum atomic E-state index is -0.0156. The number of hydrogen-bond donors (Lipinski definition) is 0. The molecule has 146 valence electrons. The van der Waals surface area contributed by atoms with Gasteiger partial charge in [0.2, 0.25) is 0 Å². The van der Waals surface area contributed by atoms with Crippen LogP contribution in [0.15, 0.2) is 71.4 Å². The van der Waals surface area contributed by atoms with Crippen molar-refractivity contribution in [3.05, 3.63) is 83.9 Å². The molecule has 0 saturated carbocycles. The summed E-state index contributed by atoms with van der Waals surface area (Å²) < 4.78 is 6.95. The van der Waals surface area contributed by atoms with Crippen molar-refractivity contribution in [1.29, 1.82) is 0 Å². The van der Waals surface area contributed by atoms with Crippen LogP contribution in [-0.4, -0.2) is 39.8 Å². The van der Waals surface area contributed by atoms with E-state index in [1.807, 2.05) is 72.4 Å². The fourth-order valence-corrected chi connectivity index (χ4v) is 3.27. The van der Waals surface area contributed by atoms with Crippen molar-refractivity contribution in [1.82, 2.24) is 19.8 Å². The summed E-state index contributed by atoms with van der Waals surface area (Å²) in [7, 11) is 3.52. The predicted molar refractivity (Wildman–Crippen MR) is 111 cm³/mol. The van der Waals surface area contributed by atoms with Crippen LogP contribution in [0.2, 0.25) is 0 Å². The largest absolute Gasteiger partial charge is 0.361 e. The van der Waals surface area contributed by atoms with Gasteiger partial charge in [-0.15, -0.1) is 0 Å². The van der Waals surface area contributed by atoms with Gasteiger partial charge < -0.3 is 9.42 Å². The molecule has 0 bridgehead atoms. The van der Waals surface area contributed by atoms with Crippen LogP contribution in [0, 0.1) is 6.92 Å². The van der Waals surface area contributed by atoms with Gasteiger partial charge in [0, 0.05) is 37.5 Å². The third-order valence-electron chi connectivity index (χ3n) is 4.67. The zero-order valence-corrected chi connectivity index (χ0v) is 16.7. The minimum Gasteiger partial charge on any atom is -0.361 e. The van der Waals surface area contributed by atoms with Gasteiger partial charge >= 0.3 is 0 Å². The SMILES string of the molecule is Cc1cc(Cn2ccc(-c3cccc(-c4ccccc4C(=O)N(C)C)c3)n2)no1. The van der Waals surface area contributed by atoms with Crippen molar-refractivity contribution in [2.45, 2.75) is 13.5 Å². The smallest absolute Gasteiger partial charge is 0.253 e. The monoisotopic (exact) mass is 386 g/mol. The molecule has 6 nitrogen and oxygen atoms in total. The molecule has 0 aliphatic carbocycles. The first kappa shape index (κ1) is 18.7. The molecule has 0 fully saturated rings. The van der Waals surface area contributed by atoms with Crippen LogP contribution in [0.25, 0.3) is 22.4 Å². The highest BCUT2D eigenvalue weighted by Crippen LogP contribution is 2.28. The van der Waals surface area contributed by atoms with E-state index < -0.39 is 0 Å². The molecule has 0 aliphatic rings. The molecule has 2 aromatic carbocycles. The highest BCUT2D eigenvalue weighted by atomic mass is 16.5. The Bertz CT molecular complexity index is 1160. The molecule has 2 aromatic heterocycles. The van der Waals surface area contributed by atoms with Crippen molar-refractivity contribution in [3.8, 4) is 22.4 Å². The fourth-order valence-electron chi connectivity index (χ4n) is 3.27. The topological polar surface area (TPSA) is 64.2 Å². The number of aromatic nitrogens is 3. The van der Waals surface area contributed by atoms with Crippen LogP contribution >= 0.6 is 0 Å². The molecule has 0 N–H and O–H groups in total. The molecule has 4 rings (SSSR count). The van der Waals surface area contributed by atoms with Gasteiger partial charge in [-0.1, -0.05) is 41.6 Å². The van der Waals surface area contributed by atoms with Gasteiger partial charge in [0.1, 0.15) is 11.5 Å². The number of carbonyl (C=O) groups excluding carboxylic acids is 1. The van der Waals surface area contributed by atoms with Gasteiger partial charge in [0.25, 0.3) is 5.91 Å². The molecular formula is C23H22N4O2. The average molecular weight is 386 g/mol. The van der Waals surface area contributed by atoms with E-state index in [0.717, 1.165) is 33.8 Å². The molecular weight excluding hydrogens is 364 g/mol. The first-order valence-corrected chi connectivity index (χ1v) is 9.38. The van der Waals surface area contributed by atoms with Crippen LogP contribution in [0.3, 0.4) is 0 Å². The Kier molecular flexibility index (Phi) is 4.99. The summed E-state index contributed by atoms with van der Waals surface area (Å²) in [6.07, 6.45) is 1.93. The van der Waals surface area contributed by atoms with Crippen molar-refractivity contribution in [2.75, 3.05) is 14.1 Å². The van der Waals surface area contributed by atoms with Gasteiger partial charge in [-0.05, 0) is 36.2 Å². The predicted octanol–water partition coefficient (Wildman–Crippen LogP) is 4.26. The lowest BCUT2D eigenvalue weighted by atomic mass is 9.97. The zero-order valence-electron chi connectivity index (χ0n) is 16.7. The molecule has 0 aliphatic heterocycles. The van der Waals surface area contributed by atoms with Crippen LogP contribution in [0.1, 0.15) is 21.8 Å². The molecule has 29 heavy (non-hydrogen) atoms. The number of rotatable bonds is 5. The lowest BCUT2D eigenvalue weighted by Gasteiger charge is -2.14. The Morgan fingerprint density at radius 3 is 2.59 bits per heavy atom. The van der Waals surface area contributed by atoms with E-state index in [1.165, 1.54) is 0 Å². The lowest BCUT2D eigenvalue weighted by molar-refractivity contribution is 0.0828. The highest BCUT2D eigenvalue weighted by Gasteiger charge is 2.15. The second kappa shape index (κ2) is 7.75. The van der Waals surface area contributed by atoms with Crippen LogP contribution < -0.4 is 0 Å². The molecule has 0 unspecified atom stereocenters. The van der Waals surface area contributed by atoms with Gasteiger partial charge in [-0.25, -0.2) is 0 Å². The number of benzene rings is 2. The van der Waals surface area contributed by atoms with E-state index in [0.29, 0.717) is 12.1 Å². The van der Waals surface area contributed by atoms with E-state index in [-0.39, 0.29) is 5.91 Å². The summed E-state index contributed by atoms with van der Waals surface area (Å²) >= 11 is 0. The summed E-state index contributed by atoms with van der Waals surface area (Å²) in [5, 5.41) is 8.68. The molecule has 2 heterocycles. The summed E-state index contributed by atoms with van der Waals surface area (Å²) in [5.41, 5.74) is 5.26. The zero-order chi connectivity index (χ0) is 20.4. The number of carbonyl (C=O) groups is 1. The number of amides is 1.